The van der Waals surface area contributed by atoms with Crippen LogP contribution < -0.4 is 10.4 Å². The summed E-state index contributed by atoms with van der Waals surface area (Å²) >= 11 is 5.69. The molecule has 0 unspecified atom stereocenters. The number of carboxylic acids is 1. The van der Waals surface area contributed by atoms with Crippen molar-refractivity contribution < 1.29 is 14.7 Å². The Morgan fingerprint density at radius 1 is 1.25 bits per heavy atom. The van der Waals surface area contributed by atoms with Crippen molar-refractivity contribution in [3.05, 3.63) is 47.0 Å². The van der Waals surface area contributed by atoms with Gasteiger partial charge in [0, 0.05) is 17.6 Å². The van der Waals surface area contributed by atoms with Crippen molar-refractivity contribution >= 4 is 23.5 Å². The number of benzene rings is 1. The summed E-state index contributed by atoms with van der Waals surface area (Å²) in [4.78, 5) is 21.1. The molecule has 0 aromatic heterocycles. The Balaban J connectivity index is 2.43. The average molecular weight is 239 g/mol. The van der Waals surface area contributed by atoms with E-state index in [1.807, 2.05) is 0 Å². The highest BCUT2D eigenvalue weighted by Gasteiger charge is 1.96. The van der Waals surface area contributed by atoms with E-state index in [1.165, 1.54) is 0 Å². The number of carboxylic acid groups (broad SMARTS) is 1. The number of carbonyl (C=O) groups excluding carboxylic acids is 2. The molecule has 16 heavy (non-hydrogen) atoms. The summed E-state index contributed by atoms with van der Waals surface area (Å²) in [5.74, 6) is -1.89. The fourth-order valence-corrected chi connectivity index (χ4v) is 1.12. The van der Waals surface area contributed by atoms with Crippen LogP contribution in [0.15, 0.2) is 36.4 Å². The fraction of sp³-hybridized carbons (Fsp3) is 0.0909. The van der Waals surface area contributed by atoms with Crippen molar-refractivity contribution in [2.75, 3.05) is 0 Å². The smallest absolute Gasteiger partial charge is 0.244 e. The van der Waals surface area contributed by atoms with Gasteiger partial charge in [-0.1, -0.05) is 23.7 Å². The standard InChI is InChI=1S/C11H10ClNO3/c12-9-3-1-8(2-4-9)7-13-10(14)5-6-11(15)16/h1-6H,7H2,(H,13,14)(H,15,16)/p-1/b6-5+. The summed E-state index contributed by atoms with van der Waals surface area (Å²) in [5, 5.41) is 13.2. The highest BCUT2D eigenvalue weighted by atomic mass is 35.5. The van der Waals surface area contributed by atoms with Crippen LogP contribution in [-0.2, 0) is 16.1 Å². The lowest BCUT2D eigenvalue weighted by molar-refractivity contribution is -0.297. The zero-order chi connectivity index (χ0) is 12.0. The predicted molar refractivity (Wildman–Crippen MR) is 57.4 cm³/mol. The second-order valence-corrected chi connectivity index (χ2v) is 3.43. The van der Waals surface area contributed by atoms with E-state index in [-0.39, 0.29) is 0 Å². The third-order valence-corrected chi connectivity index (χ3v) is 2.00. The maximum Gasteiger partial charge on any atom is 0.244 e. The number of nitrogens with one attached hydrogen (secondary N) is 1. The Morgan fingerprint density at radius 3 is 2.44 bits per heavy atom. The maximum absolute atomic E-state index is 11.1. The monoisotopic (exact) mass is 238 g/mol. The Kier molecular flexibility index (Phi) is 4.54. The highest BCUT2D eigenvalue weighted by molar-refractivity contribution is 6.30. The van der Waals surface area contributed by atoms with Gasteiger partial charge in [0.25, 0.3) is 0 Å². The number of hydrogen-bond donors (Lipinski definition) is 1. The van der Waals surface area contributed by atoms with E-state index in [4.69, 9.17) is 11.6 Å². The van der Waals surface area contributed by atoms with Crippen LogP contribution >= 0.6 is 11.6 Å². The predicted octanol–water partition coefficient (Wildman–Crippen LogP) is 0.262. The first kappa shape index (κ1) is 12.3. The van der Waals surface area contributed by atoms with Gasteiger partial charge in [-0.15, -0.1) is 0 Å². The lowest BCUT2D eigenvalue weighted by atomic mass is 10.2. The van der Waals surface area contributed by atoms with Crippen LogP contribution in [-0.4, -0.2) is 11.9 Å². The van der Waals surface area contributed by atoms with Gasteiger partial charge >= 0.3 is 0 Å². The molecule has 0 heterocycles. The molecular weight excluding hydrogens is 230 g/mol. The van der Waals surface area contributed by atoms with Crippen molar-refractivity contribution in [2.24, 2.45) is 0 Å². The molecule has 84 valence electrons. The lowest BCUT2D eigenvalue weighted by Gasteiger charge is -2.02. The number of rotatable bonds is 4. The fourth-order valence-electron chi connectivity index (χ4n) is 0.994. The van der Waals surface area contributed by atoms with E-state index < -0.39 is 11.9 Å². The first-order valence-electron chi connectivity index (χ1n) is 4.49. The van der Waals surface area contributed by atoms with Crippen molar-refractivity contribution in [2.45, 2.75) is 6.54 Å². The van der Waals surface area contributed by atoms with Crippen molar-refractivity contribution in [3.63, 3.8) is 0 Å². The SMILES string of the molecule is O=C([O-])/C=C/C(=O)NCc1ccc(Cl)cc1. The second kappa shape index (κ2) is 5.92. The first-order chi connectivity index (χ1) is 7.58. The summed E-state index contributed by atoms with van der Waals surface area (Å²) in [5.41, 5.74) is 0.875. The van der Waals surface area contributed by atoms with Crippen LogP contribution in [0.5, 0.6) is 0 Å². The number of amides is 1. The zero-order valence-electron chi connectivity index (χ0n) is 8.27. The molecule has 1 N–H and O–H groups in total. The molecule has 0 aliphatic heterocycles. The van der Waals surface area contributed by atoms with Crippen LogP contribution in [0, 0.1) is 0 Å². The van der Waals surface area contributed by atoms with Crippen molar-refractivity contribution in [1.82, 2.24) is 5.32 Å². The Hall–Kier alpha value is -1.81. The third-order valence-electron chi connectivity index (χ3n) is 1.75. The number of hydrogen-bond acceptors (Lipinski definition) is 3. The molecule has 0 aliphatic carbocycles. The summed E-state index contributed by atoms with van der Waals surface area (Å²) in [6, 6.07) is 6.95. The number of aliphatic carboxylic acids is 1. The van der Waals surface area contributed by atoms with Gasteiger partial charge < -0.3 is 15.2 Å². The maximum atomic E-state index is 11.1. The average Bonchev–Trinajstić information content (AvgIpc) is 2.25. The van der Waals surface area contributed by atoms with E-state index >= 15 is 0 Å². The largest absolute Gasteiger partial charge is 0.545 e. The van der Waals surface area contributed by atoms with Gasteiger partial charge in [0.1, 0.15) is 0 Å². The van der Waals surface area contributed by atoms with E-state index in [2.05, 4.69) is 5.32 Å². The summed E-state index contributed by atoms with van der Waals surface area (Å²) < 4.78 is 0. The van der Waals surface area contributed by atoms with Gasteiger partial charge in [-0.2, -0.15) is 0 Å². The van der Waals surface area contributed by atoms with Crippen molar-refractivity contribution in [3.8, 4) is 0 Å². The molecular formula is C11H9ClNO3-. The van der Waals surface area contributed by atoms with Gasteiger partial charge in [0.05, 0.1) is 5.97 Å². The highest BCUT2D eigenvalue weighted by Crippen LogP contribution is 2.08. The van der Waals surface area contributed by atoms with Gasteiger partial charge in [0.2, 0.25) is 5.91 Å². The van der Waals surface area contributed by atoms with Gasteiger partial charge in [-0.25, -0.2) is 0 Å². The van der Waals surface area contributed by atoms with Crippen LogP contribution in [0.2, 0.25) is 5.02 Å². The molecule has 1 aromatic rings. The molecule has 0 saturated heterocycles. The van der Waals surface area contributed by atoms with Gasteiger partial charge in [-0.05, 0) is 23.8 Å². The summed E-state index contributed by atoms with van der Waals surface area (Å²) in [6.45, 7) is 0.313. The number of halogens is 1. The van der Waals surface area contributed by atoms with E-state index in [1.54, 1.807) is 24.3 Å². The van der Waals surface area contributed by atoms with Crippen LogP contribution in [0.1, 0.15) is 5.56 Å². The quantitative estimate of drug-likeness (QED) is 0.765. The minimum Gasteiger partial charge on any atom is -0.545 e. The Labute approximate surface area is 97.5 Å². The summed E-state index contributed by atoms with van der Waals surface area (Å²) in [7, 11) is 0. The molecule has 0 fully saturated rings. The molecule has 1 amide bonds. The molecule has 0 spiro atoms. The van der Waals surface area contributed by atoms with E-state index in [0.717, 1.165) is 11.6 Å². The molecule has 5 heteroatoms. The molecule has 0 radical (unpaired) electrons. The van der Waals surface area contributed by atoms with E-state index in [9.17, 15) is 14.7 Å². The van der Waals surface area contributed by atoms with Crippen LogP contribution in [0.25, 0.3) is 0 Å². The first-order valence-corrected chi connectivity index (χ1v) is 4.87. The summed E-state index contributed by atoms with van der Waals surface area (Å²) in [6.07, 6.45) is 1.59. The second-order valence-electron chi connectivity index (χ2n) is 3.00. The molecule has 4 nitrogen and oxygen atoms in total. The van der Waals surface area contributed by atoms with E-state index in [0.29, 0.717) is 17.6 Å². The molecule has 0 atom stereocenters. The molecule has 1 aromatic carbocycles. The molecule has 0 bridgehead atoms. The van der Waals surface area contributed by atoms with Gasteiger partial charge in [-0.3, -0.25) is 4.79 Å². The Bertz CT molecular complexity index is 412. The lowest BCUT2D eigenvalue weighted by Crippen LogP contribution is -2.23. The normalized spacial score (nSPS) is 10.3. The Morgan fingerprint density at radius 2 is 1.88 bits per heavy atom. The molecule has 1 rings (SSSR count). The zero-order valence-corrected chi connectivity index (χ0v) is 9.03. The van der Waals surface area contributed by atoms with Gasteiger partial charge in [0.15, 0.2) is 0 Å². The topological polar surface area (TPSA) is 69.2 Å². The minimum atomic E-state index is -1.40. The molecule has 0 aliphatic rings. The number of carbonyl (C=O) groups is 2. The minimum absolute atomic E-state index is 0.313. The molecule has 0 saturated carbocycles. The van der Waals surface area contributed by atoms with Crippen molar-refractivity contribution in [1.29, 1.82) is 0 Å². The van der Waals surface area contributed by atoms with Crippen LogP contribution in [0.3, 0.4) is 0 Å². The van der Waals surface area contributed by atoms with Crippen LogP contribution in [0.4, 0.5) is 0 Å². The third kappa shape index (κ3) is 4.61.